The van der Waals surface area contributed by atoms with Gasteiger partial charge in [0, 0.05) is 6.42 Å². The molecule has 0 N–H and O–H groups in total. The van der Waals surface area contributed by atoms with Crippen molar-refractivity contribution in [2.75, 3.05) is 7.11 Å². The van der Waals surface area contributed by atoms with Crippen LogP contribution >= 0.6 is 0 Å². The Hall–Kier alpha value is -2.21. The summed E-state index contributed by atoms with van der Waals surface area (Å²) in [6.07, 6.45) is 6.02. The topological polar surface area (TPSA) is 48.0 Å². The van der Waals surface area contributed by atoms with E-state index < -0.39 is 12.3 Å². The summed E-state index contributed by atoms with van der Waals surface area (Å²) in [5, 5.41) is 1.78. The van der Waals surface area contributed by atoms with E-state index >= 15 is 0 Å². The van der Waals surface area contributed by atoms with Gasteiger partial charge >= 0.3 is 5.97 Å². The fourth-order valence-corrected chi connectivity index (χ4v) is 4.37. The third-order valence-electron chi connectivity index (χ3n) is 5.82. The molecule has 2 aromatic carbocycles. The summed E-state index contributed by atoms with van der Waals surface area (Å²) < 4.78 is 11.4. The first-order valence-corrected chi connectivity index (χ1v) is 10.5. The summed E-state index contributed by atoms with van der Waals surface area (Å²) in [6.45, 7) is 0. The number of esters is 1. The van der Waals surface area contributed by atoms with Gasteiger partial charge in [0.15, 0.2) is 6.29 Å². The molecule has 154 valence electrons. The lowest BCUT2D eigenvalue weighted by Gasteiger charge is -2.31. The van der Waals surface area contributed by atoms with E-state index in [-0.39, 0.29) is 18.1 Å². The largest absolute Gasteiger partial charge is 0.468 e. The molecule has 2 atom stereocenters. The van der Waals surface area contributed by atoms with Crippen molar-refractivity contribution >= 4 is 5.97 Å². The first kappa shape index (κ1) is 20.1. The third kappa shape index (κ3) is 4.69. The van der Waals surface area contributed by atoms with Gasteiger partial charge in [-0.05, 0) is 24.0 Å². The zero-order valence-corrected chi connectivity index (χ0v) is 16.9. The Bertz CT molecular complexity index is 736. The van der Waals surface area contributed by atoms with Gasteiger partial charge in [-0.2, -0.15) is 5.06 Å². The minimum Gasteiger partial charge on any atom is -0.468 e. The van der Waals surface area contributed by atoms with Crippen molar-refractivity contribution < 1.29 is 19.1 Å². The normalized spacial score (nSPS) is 23.4. The van der Waals surface area contributed by atoms with E-state index in [4.69, 9.17) is 14.3 Å². The summed E-state index contributed by atoms with van der Waals surface area (Å²) in [4.78, 5) is 18.9. The number of nitrogens with zero attached hydrogens (tertiary/aromatic N) is 1. The van der Waals surface area contributed by atoms with Crippen molar-refractivity contribution in [1.29, 1.82) is 0 Å². The van der Waals surface area contributed by atoms with E-state index in [1.165, 1.54) is 26.4 Å². The minimum atomic E-state index is -0.515. The van der Waals surface area contributed by atoms with Crippen molar-refractivity contribution in [2.24, 2.45) is 0 Å². The van der Waals surface area contributed by atoms with E-state index in [9.17, 15) is 4.79 Å². The first-order valence-electron chi connectivity index (χ1n) is 10.5. The summed E-state index contributed by atoms with van der Waals surface area (Å²) in [5.74, 6) is -0.295. The molecule has 0 spiro atoms. The number of rotatable bonds is 6. The Balaban J connectivity index is 1.62. The van der Waals surface area contributed by atoms with Crippen LogP contribution in [0.3, 0.4) is 0 Å². The van der Waals surface area contributed by atoms with E-state index in [0.717, 1.165) is 24.0 Å². The van der Waals surface area contributed by atoms with Crippen molar-refractivity contribution in [1.82, 2.24) is 5.06 Å². The van der Waals surface area contributed by atoms with Crippen LogP contribution in [0.4, 0.5) is 0 Å². The van der Waals surface area contributed by atoms with Gasteiger partial charge in [0.1, 0.15) is 6.04 Å². The molecule has 2 aromatic rings. The molecule has 0 unspecified atom stereocenters. The summed E-state index contributed by atoms with van der Waals surface area (Å²) in [6, 6.07) is 19.5. The lowest BCUT2D eigenvalue weighted by molar-refractivity contribution is -0.266. The van der Waals surface area contributed by atoms with Crippen molar-refractivity contribution in [3.8, 4) is 0 Å². The van der Waals surface area contributed by atoms with Gasteiger partial charge in [0.05, 0.1) is 19.3 Å². The van der Waals surface area contributed by atoms with Crippen LogP contribution in [-0.4, -0.2) is 36.6 Å². The predicted molar refractivity (Wildman–Crippen MR) is 110 cm³/mol. The van der Waals surface area contributed by atoms with Crippen LogP contribution in [-0.2, 0) is 19.1 Å². The minimum absolute atomic E-state index is 0.207. The molecule has 0 amide bonds. The molecule has 1 saturated carbocycles. The molecule has 2 aliphatic rings. The highest BCUT2D eigenvalue weighted by Crippen LogP contribution is 2.38. The summed E-state index contributed by atoms with van der Waals surface area (Å²) in [7, 11) is 1.43. The molecule has 2 fully saturated rings. The van der Waals surface area contributed by atoms with Gasteiger partial charge in [0.25, 0.3) is 0 Å². The monoisotopic (exact) mass is 395 g/mol. The maximum Gasteiger partial charge on any atom is 0.325 e. The van der Waals surface area contributed by atoms with Crippen LogP contribution in [0.5, 0.6) is 0 Å². The van der Waals surface area contributed by atoms with Gasteiger partial charge in [-0.25, -0.2) is 0 Å². The Morgan fingerprint density at radius 1 is 0.966 bits per heavy atom. The van der Waals surface area contributed by atoms with Gasteiger partial charge in [0.2, 0.25) is 0 Å². The fourth-order valence-electron chi connectivity index (χ4n) is 4.37. The summed E-state index contributed by atoms with van der Waals surface area (Å²) in [5.41, 5.74) is 2.12. The smallest absolute Gasteiger partial charge is 0.325 e. The highest BCUT2D eigenvalue weighted by atomic mass is 16.8. The molecule has 1 saturated heterocycles. The second-order valence-electron chi connectivity index (χ2n) is 7.79. The SMILES string of the molecule is COC(=O)[C@H]1C[C@H](OC2CCCCC2)ON1C(c1ccccc1)c1ccccc1. The number of benzene rings is 2. The molecular formula is C24H29NO4. The lowest BCUT2D eigenvalue weighted by atomic mass is 9.97. The molecule has 1 aliphatic carbocycles. The number of hydrogen-bond donors (Lipinski definition) is 0. The Labute approximate surface area is 172 Å². The van der Waals surface area contributed by atoms with Crippen molar-refractivity contribution in [3.05, 3.63) is 71.8 Å². The molecule has 1 aliphatic heterocycles. The zero-order valence-electron chi connectivity index (χ0n) is 16.9. The molecule has 1 heterocycles. The van der Waals surface area contributed by atoms with Crippen molar-refractivity contribution in [2.45, 2.75) is 63.0 Å². The van der Waals surface area contributed by atoms with E-state index in [2.05, 4.69) is 24.3 Å². The highest BCUT2D eigenvalue weighted by Gasteiger charge is 2.45. The third-order valence-corrected chi connectivity index (χ3v) is 5.82. The number of hydroxylamine groups is 2. The Kier molecular flexibility index (Phi) is 6.60. The van der Waals surface area contributed by atoms with E-state index in [1.807, 2.05) is 36.4 Å². The fraction of sp³-hybridized carbons (Fsp3) is 0.458. The molecule has 5 heteroatoms. The Morgan fingerprint density at radius 2 is 1.55 bits per heavy atom. The molecule has 4 rings (SSSR count). The van der Waals surface area contributed by atoms with Crippen LogP contribution in [0, 0.1) is 0 Å². The molecule has 0 radical (unpaired) electrons. The van der Waals surface area contributed by atoms with Crippen LogP contribution in [0.15, 0.2) is 60.7 Å². The van der Waals surface area contributed by atoms with E-state index in [1.54, 1.807) is 5.06 Å². The van der Waals surface area contributed by atoms with Crippen LogP contribution < -0.4 is 0 Å². The molecule has 0 aromatic heterocycles. The quantitative estimate of drug-likeness (QED) is 0.668. The van der Waals surface area contributed by atoms with Gasteiger partial charge in [-0.3, -0.25) is 9.63 Å². The van der Waals surface area contributed by atoms with E-state index in [0.29, 0.717) is 6.42 Å². The van der Waals surface area contributed by atoms with Crippen LogP contribution in [0.25, 0.3) is 0 Å². The summed E-state index contributed by atoms with van der Waals surface area (Å²) >= 11 is 0. The number of methoxy groups -OCH3 is 1. The molecule has 5 nitrogen and oxygen atoms in total. The Morgan fingerprint density at radius 3 is 2.10 bits per heavy atom. The maximum absolute atomic E-state index is 12.6. The van der Waals surface area contributed by atoms with Gasteiger partial charge in [-0.1, -0.05) is 79.9 Å². The number of carbonyl (C=O) groups is 1. The highest BCUT2D eigenvalue weighted by molar-refractivity contribution is 5.76. The number of hydrogen-bond acceptors (Lipinski definition) is 5. The van der Waals surface area contributed by atoms with Crippen LogP contribution in [0.1, 0.15) is 55.7 Å². The molecule has 29 heavy (non-hydrogen) atoms. The zero-order chi connectivity index (χ0) is 20.1. The predicted octanol–water partition coefficient (Wildman–Crippen LogP) is 4.63. The average molecular weight is 395 g/mol. The average Bonchev–Trinajstić information content (AvgIpc) is 3.19. The first-order chi connectivity index (χ1) is 14.3. The maximum atomic E-state index is 12.6. The second kappa shape index (κ2) is 9.53. The van der Waals surface area contributed by atoms with Crippen molar-refractivity contribution in [3.63, 3.8) is 0 Å². The van der Waals surface area contributed by atoms with Gasteiger partial charge < -0.3 is 9.47 Å². The van der Waals surface area contributed by atoms with Crippen LogP contribution in [0.2, 0.25) is 0 Å². The standard InChI is InChI=1S/C24H29NO4/c1-27-24(26)21-17-22(28-20-15-9-4-10-16-20)29-25(21)23(18-11-5-2-6-12-18)19-13-7-3-8-14-19/h2-3,5-8,11-14,20-23H,4,9-10,15-17H2,1H3/t21-,22-/m1/s1. The number of ether oxygens (including phenoxy) is 2. The lowest BCUT2D eigenvalue weighted by Crippen LogP contribution is -2.39. The second-order valence-corrected chi connectivity index (χ2v) is 7.79. The number of carbonyl (C=O) groups excluding carboxylic acids is 1. The molecular weight excluding hydrogens is 366 g/mol. The van der Waals surface area contributed by atoms with Gasteiger partial charge in [-0.15, -0.1) is 0 Å². The molecule has 0 bridgehead atoms.